The van der Waals surface area contributed by atoms with Crippen molar-refractivity contribution < 1.29 is 34.0 Å². The van der Waals surface area contributed by atoms with E-state index in [1.54, 1.807) is 60.7 Å². The molecule has 2 aromatic carbocycles. The number of carbonyl (C=O) groups excluding carboxylic acids is 2. The highest BCUT2D eigenvalue weighted by atomic mass is 79.9. The number of halogens is 1. The van der Waals surface area contributed by atoms with Crippen LogP contribution in [0.25, 0.3) is 0 Å². The molecule has 10 atom stereocenters. The number of benzene rings is 2. The lowest BCUT2D eigenvalue weighted by Gasteiger charge is -2.50. The minimum absolute atomic E-state index is 0.0445. The molecule has 2 bridgehead atoms. The molecule has 2 N–H and O–H groups in total. The summed E-state index contributed by atoms with van der Waals surface area (Å²) in [7, 11) is 0. The molecule has 1 saturated heterocycles. The van der Waals surface area contributed by atoms with E-state index in [4.69, 9.17) is 14.2 Å². The highest BCUT2D eigenvalue weighted by Gasteiger charge is 2.75. The van der Waals surface area contributed by atoms with Gasteiger partial charge in [-0.25, -0.2) is 9.59 Å². The van der Waals surface area contributed by atoms with Crippen LogP contribution < -0.4 is 0 Å². The van der Waals surface area contributed by atoms with E-state index in [1.165, 1.54) is 0 Å². The Balaban J connectivity index is 1.30. The summed E-state index contributed by atoms with van der Waals surface area (Å²) in [6.45, 7) is -0.466. The van der Waals surface area contributed by atoms with Gasteiger partial charge in [0.1, 0.15) is 18.8 Å². The molecular formula is C26H25BrO7. The van der Waals surface area contributed by atoms with Crippen molar-refractivity contribution in [3.8, 4) is 0 Å². The number of alkyl halides is 1. The molecule has 6 rings (SSSR count). The summed E-state index contributed by atoms with van der Waals surface area (Å²) in [5, 5.41) is 23.2. The molecule has 0 amide bonds. The molecule has 0 aromatic heterocycles. The summed E-state index contributed by atoms with van der Waals surface area (Å²) in [6.07, 6.45) is -2.37. The predicted molar refractivity (Wildman–Crippen MR) is 123 cm³/mol. The number of aliphatic hydroxyl groups excluding tert-OH is 1. The number of rotatable bonds is 5. The van der Waals surface area contributed by atoms with Gasteiger partial charge in [-0.3, -0.25) is 0 Å². The maximum atomic E-state index is 12.9. The number of esters is 2. The normalized spacial score (nSPS) is 41.3. The van der Waals surface area contributed by atoms with E-state index >= 15 is 0 Å². The maximum absolute atomic E-state index is 12.9. The Labute approximate surface area is 205 Å². The van der Waals surface area contributed by atoms with Crippen molar-refractivity contribution in [3.63, 3.8) is 0 Å². The van der Waals surface area contributed by atoms with Crippen molar-refractivity contribution in [2.24, 2.45) is 23.7 Å². The Hall–Kier alpha value is -2.26. The molecule has 7 nitrogen and oxygen atoms in total. The summed E-state index contributed by atoms with van der Waals surface area (Å²) < 4.78 is 17.7. The fourth-order valence-electron chi connectivity index (χ4n) is 6.73. The smallest absolute Gasteiger partial charge is 0.338 e. The number of ether oxygens (including phenoxy) is 3. The summed E-state index contributed by atoms with van der Waals surface area (Å²) in [6, 6.07) is 17.0. The molecule has 8 heteroatoms. The minimum atomic E-state index is -1.91. The van der Waals surface area contributed by atoms with Gasteiger partial charge in [0.15, 0.2) is 5.60 Å². The summed E-state index contributed by atoms with van der Waals surface area (Å²) >= 11 is 3.76. The molecule has 3 unspecified atom stereocenters. The van der Waals surface area contributed by atoms with Crippen LogP contribution in [0.3, 0.4) is 0 Å². The molecule has 4 aliphatic rings. The van der Waals surface area contributed by atoms with Crippen LogP contribution >= 0.6 is 15.9 Å². The molecule has 3 aliphatic carbocycles. The molecule has 1 heterocycles. The SMILES string of the molecule is O=C(OC[C@]1(O)[C@@H](O)C(OC(=O)c2ccccc2)C2C3[C@@H]4C[C@H]2[C@@H](Br)[C@H]4O[C@@H]31)c1ccccc1. The van der Waals surface area contributed by atoms with E-state index in [0.717, 1.165) is 6.42 Å². The van der Waals surface area contributed by atoms with Gasteiger partial charge in [-0.2, -0.15) is 0 Å². The van der Waals surface area contributed by atoms with Crippen molar-refractivity contribution in [2.45, 2.75) is 41.3 Å². The first kappa shape index (κ1) is 22.2. The number of aliphatic hydroxyl groups is 2. The van der Waals surface area contributed by atoms with E-state index in [0.29, 0.717) is 11.1 Å². The molecule has 0 radical (unpaired) electrons. The molecule has 2 aromatic rings. The number of hydrogen-bond donors (Lipinski definition) is 2. The third-order valence-corrected chi connectivity index (χ3v) is 9.37. The van der Waals surface area contributed by atoms with Gasteiger partial charge in [-0.1, -0.05) is 52.3 Å². The standard InChI is InChI=1S/C26H25BrO7/c27-19-15-11-16-18-17(15)21(34-25(30)14-9-5-2-6-10-14)22(28)26(31,23(18)33-20(16)19)12-32-24(29)13-7-3-1-4-8-13/h1-10,15-23,28,31H,11-12H2/t15-,16+,17?,18?,19-,20+,21?,22+,23+,26+/m1/s1. The number of carbonyl (C=O) groups is 2. The minimum Gasteiger partial charge on any atom is -0.459 e. The zero-order chi connectivity index (χ0) is 23.6. The van der Waals surface area contributed by atoms with Crippen LogP contribution in [0.4, 0.5) is 0 Å². The monoisotopic (exact) mass is 528 g/mol. The largest absolute Gasteiger partial charge is 0.459 e. The molecular weight excluding hydrogens is 504 g/mol. The van der Waals surface area contributed by atoms with Gasteiger partial charge < -0.3 is 24.4 Å². The molecule has 3 saturated carbocycles. The first-order chi connectivity index (χ1) is 16.4. The van der Waals surface area contributed by atoms with Crippen molar-refractivity contribution in [1.82, 2.24) is 0 Å². The molecule has 4 fully saturated rings. The Morgan fingerprint density at radius 3 is 2.24 bits per heavy atom. The average molecular weight is 529 g/mol. The van der Waals surface area contributed by atoms with Crippen LogP contribution in [0.2, 0.25) is 0 Å². The highest BCUT2D eigenvalue weighted by Crippen LogP contribution is 2.66. The first-order valence-electron chi connectivity index (χ1n) is 11.6. The second-order valence-electron chi connectivity index (χ2n) is 9.80. The predicted octanol–water partition coefficient (Wildman–Crippen LogP) is 2.59. The topological polar surface area (TPSA) is 102 Å². The van der Waals surface area contributed by atoms with Gasteiger partial charge in [-0.15, -0.1) is 0 Å². The van der Waals surface area contributed by atoms with E-state index in [1.807, 2.05) is 0 Å². The van der Waals surface area contributed by atoms with Crippen LogP contribution in [0, 0.1) is 23.7 Å². The lowest BCUT2D eigenvalue weighted by Crippen LogP contribution is -2.69. The van der Waals surface area contributed by atoms with E-state index in [9.17, 15) is 19.8 Å². The van der Waals surface area contributed by atoms with E-state index in [-0.39, 0.29) is 34.6 Å². The third-order valence-electron chi connectivity index (χ3n) is 8.17. The van der Waals surface area contributed by atoms with Crippen molar-refractivity contribution in [3.05, 3.63) is 71.8 Å². The lowest BCUT2D eigenvalue weighted by atomic mass is 9.62. The molecule has 0 spiro atoms. The molecule has 34 heavy (non-hydrogen) atoms. The summed E-state index contributed by atoms with van der Waals surface area (Å²) in [4.78, 5) is 25.6. The van der Waals surface area contributed by atoms with Crippen LogP contribution in [0.15, 0.2) is 60.7 Å². The fraction of sp³-hybridized carbons (Fsp3) is 0.462. The second kappa shape index (κ2) is 8.16. The van der Waals surface area contributed by atoms with Crippen LogP contribution in [-0.2, 0) is 14.2 Å². The van der Waals surface area contributed by atoms with Gasteiger partial charge in [0, 0.05) is 16.7 Å². The van der Waals surface area contributed by atoms with Gasteiger partial charge >= 0.3 is 11.9 Å². The Morgan fingerprint density at radius 1 is 0.971 bits per heavy atom. The fourth-order valence-corrected chi connectivity index (χ4v) is 7.81. The Kier molecular flexibility index (Phi) is 5.33. The van der Waals surface area contributed by atoms with Gasteiger partial charge in [0.05, 0.1) is 23.3 Å². The highest BCUT2D eigenvalue weighted by molar-refractivity contribution is 9.09. The quantitative estimate of drug-likeness (QED) is 0.454. The average Bonchev–Trinajstić information content (AvgIpc) is 3.50. The maximum Gasteiger partial charge on any atom is 0.338 e. The van der Waals surface area contributed by atoms with Crippen molar-refractivity contribution >= 4 is 27.9 Å². The Morgan fingerprint density at radius 2 is 1.59 bits per heavy atom. The van der Waals surface area contributed by atoms with Crippen LogP contribution in [0.5, 0.6) is 0 Å². The van der Waals surface area contributed by atoms with Crippen LogP contribution in [-0.4, -0.2) is 63.6 Å². The summed E-state index contributed by atoms with van der Waals surface area (Å²) in [5.74, 6) is -1.08. The van der Waals surface area contributed by atoms with E-state index in [2.05, 4.69) is 15.9 Å². The zero-order valence-electron chi connectivity index (χ0n) is 18.2. The third kappa shape index (κ3) is 3.19. The second-order valence-corrected chi connectivity index (χ2v) is 10.9. The lowest BCUT2D eigenvalue weighted by molar-refractivity contribution is -0.242. The van der Waals surface area contributed by atoms with E-state index < -0.39 is 42.5 Å². The van der Waals surface area contributed by atoms with Crippen molar-refractivity contribution in [2.75, 3.05) is 6.61 Å². The molecule has 1 aliphatic heterocycles. The number of fused-ring (bicyclic) bond motifs is 2. The van der Waals surface area contributed by atoms with Gasteiger partial charge in [0.25, 0.3) is 0 Å². The Bertz CT molecular complexity index is 1090. The van der Waals surface area contributed by atoms with Crippen molar-refractivity contribution in [1.29, 1.82) is 0 Å². The van der Waals surface area contributed by atoms with Gasteiger partial charge in [-0.05, 0) is 42.5 Å². The first-order valence-corrected chi connectivity index (χ1v) is 12.5. The van der Waals surface area contributed by atoms with Gasteiger partial charge in [0.2, 0.25) is 0 Å². The zero-order valence-corrected chi connectivity index (χ0v) is 19.8. The number of hydrogen-bond acceptors (Lipinski definition) is 7. The molecule has 178 valence electrons. The van der Waals surface area contributed by atoms with Crippen LogP contribution in [0.1, 0.15) is 27.1 Å². The summed E-state index contributed by atoms with van der Waals surface area (Å²) in [5.41, 5.74) is -1.20.